The Bertz CT molecular complexity index is 518. The molecule has 0 N–H and O–H groups in total. The van der Waals surface area contributed by atoms with Crippen LogP contribution in [0.5, 0.6) is 0 Å². The van der Waals surface area contributed by atoms with Crippen LogP contribution in [0.25, 0.3) is 0 Å². The first-order valence-electron chi connectivity index (χ1n) is 5.98. The van der Waals surface area contributed by atoms with Crippen LogP contribution in [-0.2, 0) is 10.0 Å². The zero-order chi connectivity index (χ0) is 13.3. The summed E-state index contributed by atoms with van der Waals surface area (Å²) in [4.78, 5) is 7.59. The molecule has 0 bridgehead atoms. The largest absolute Gasteiger partial charge is 0.246 e. The molecule has 2 unspecified atom stereocenters. The van der Waals surface area contributed by atoms with E-state index in [9.17, 15) is 8.42 Å². The second-order valence-corrected chi connectivity index (χ2v) is 6.69. The standard InChI is InChI=1S/C11H16ClN3O2S/c1-3-9-5-4-8(2)15(9)18(16,17)10-6-13-11(12)14-7-10/h6-9H,3-5H2,1-2H3. The molecule has 0 spiro atoms. The third kappa shape index (κ3) is 2.37. The van der Waals surface area contributed by atoms with Crippen molar-refractivity contribution in [3.8, 4) is 0 Å². The first kappa shape index (κ1) is 13.7. The molecule has 0 radical (unpaired) electrons. The summed E-state index contributed by atoms with van der Waals surface area (Å²) in [6.45, 7) is 3.94. The van der Waals surface area contributed by atoms with Crippen molar-refractivity contribution >= 4 is 21.6 Å². The molecule has 0 amide bonds. The van der Waals surface area contributed by atoms with Gasteiger partial charge in [0.05, 0.1) is 12.4 Å². The Hall–Kier alpha value is -0.720. The summed E-state index contributed by atoms with van der Waals surface area (Å²) in [5.41, 5.74) is 0. The summed E-state index contributed by atoms with van der Waals surface area (Å²) >= 11 is 5.58. The summed E-state index contributed by atoms with van der Waals surface area (Å²) in [5.74, 6) is 0. The van der Waals surface area contributed by atoms with E-state index in [1.54, 1.807) is 4.31 Å². The van der Waals surface area contributed by atoms with Gasteiger partial charge < -0.3 is 0 Å². The number of sulfonamides is 1. The fourth-order valence-corrected chi connectivity index (χ4v) is 4.36. The Labute approximate surface area is 112 Å². The van der Waals surface area contributed by atoms with Crippen molar-refractivity contribution < 1.29 is 8.42 Å². The molecule has 1 aliphatic rings. The Kier molecular flexibility index (Phi) is 3.89. The molecule has 0 saturated carbocycles. The van der Waals surface area contributed by atoms with Gasteiger partial charge in [0.15, 0.2) is 0 Å². The molecule has 2 atom stereocenters. The molecule has 18 heavy (non-hydrogen) atoms. The monoisotopic (exact) mass is 289 g/mol. The fourth-order valence-electron chi connectivity index (χ4n) is 2.42. The van der Waals surface area contributed by atoms with Gasteiger partial charge in [-0.3, -0.25) is 0 Å². The average molecular weight is 290 g/mol. The Balaban J connectivity index is 2.38. The lowest BCUT2D eigenvalue weighted by Gasteiger charge is -2.26. The molecule has 7 heteroatoms. The third-order valence-electron chi connectivity index (χ3n) is 3.36. The highest BCUT2D eigenvalue weighted by Gasteiger charge is 2.39. The molecule has 2 heterocycles. The van der Waals surface area contributed by atoms with E-state index in [0.29, 0.717) is 0 Å². The third-order valence-corrected chi connectivity index (χ3v) is 5.57. The normalized spacial score (nSPS) is 25.5. The van der Waals surface area contributed by atoms with Crippen molar-refractivity contribution in [3.63, 3.8) is 0 Å². The zero-order valence-corrected chi connectivity index (χ0v) is 11.9. The van der Waals surface area contributed by atoms with E-state index in [1.807, 2.05) is 13.8 Å². The van der Waals surface area contributed by atoms with Gasteiger partial charge in [-0.25, -0.2) is 18.4 Å². The van der Waals surface area contributed by atoms with Gasteiger partial charge in [0.25, 0.3) is 0 Å². The highest BCUT2D eigenvalue weighted by atomic mass is 35.5. The molecule has 100 valence electrons. The van der Waals surface area contributed by atoms with Crippen LogP contribution in [0.3, 0.4) is 0 Å². The van der Waals surface area contributed by atoms with Crippen molar-refractivity contribution in [2.45, 2.75) is 50.1 Å². The van der Waals surface area contributed by atoms with E-state index < -0.39 is 10.0 Å². The van der Waals surface area contributed by atoms with Crippen molar-refractivity contribution in [3.05, 3.63) is 17.7 Å². The topological polar surface area (TPSA) is 63.2 Å². The van der Waals surface area contributed by atoms with Gasteiger partial charge in [-0.15, -0.1) is 0 Å². The minimum Gasteiger partial charge on any atom is -0.225 e. The molecule has 0 aliphatic carbocycles. The average Bonchev–Trinajstić information content (AvgIpc) is 2.71. The molecule has 0 aromatic carbocycles. The van der Waals surface area contributed by atoms with Crippen LogP contribution in [0.2, 0.25) is 5.28 Å². The highest BCUT2D eigenvalue weighted by Crippen LogP contribution is 2.31. The second-order valence-electron chi connectivity index (χ2n) is 4.51. The highest BCUT2D eigenvalue weighted by molar-refractivity contribution is 7.89. The number of halogens is 1. The molecule has 2 rings (SSSR count). The maximum absolute atomic E-state index is 12.5. The Morgan fingerprint density at radius 1 is 1.39 bits per heavy atom. The molecule has 1 aliphatic heterocycles. The van der Waals surface area contributed by atoms with Crippen molar-refractivity contribution in [2.24, 2.45) is 0 Å². The molecular weight excluding hydrogens is 274 g/mol. The van der Waals surface area contributed by atoms with Crippen LogP contribution in [-0.4, -0.2) is 34.8 Å². The van der Waals surface area contributed by atoms with E-state index in [0.717, 1.165) is 19.3 Å². The summed E-state index contributed by atoms with van der Waals surface area (Å²) in [5, 5.41) is 0.0514. The minimum absolute atomic E-state index is 0.0237. The van der Waals surface area contributed by atoms with E-state index in [1.165, 1.54) is 12.4 Å². The summed E-state index contributed by atoms with van der Waals surface area (Å²) in [6.07, 6.45) is 5.15. The van der Waals surface area contributed by atoms with Crippen LogP contribution in [0.4, 0.5) is 0 Å². The van der Waals surface area contributed by atoms with Crippen molar-refractivity contribution in [1.82, 2.24) is 14.3 Å². The molecule has 1 aromatic rings. The van der Waals surface area contributed by atoms with Crippen LogP contribution in [0.15, 0.2) is 17.3 Å². The van der Waals surface area contributed by atoms with Crippen molar-refractivity contribution in [2.75, 3.05) is 0 Å². The van der Waals surface area contributed by atoms with Gasteiger partial charge in [0.1, 0.15) is 4.90 Å². The van der Waals surface area contributed by atoms with E-state index in [4.69, 9.17) is 11.6 Å². The van der Waals surface area contributed by atoms with Crippen LogP contribution >= 0.6 is 11.6 Å². The fraction of sp³-hybridized carbons (Fsp3) is 0.636. The predicted molar refractivity (Wildman–Crippen MR) is 68.8 cm³/mol. The second kappa shape index (κ2) is 5.11. The summed E-state index contributed by atoms with van der Waals surface area (Å²) in [7, 11) is -3.52. The smallest absolute Gasteiger partial charge is 0.225 e. The molecular formula is C11H16ClN3O2S. The van der Waals surface area contributed by atoms with Crippen LogP contribution in [0.1, 0.15) is 33.1 Å². The van der Waals surface area contributed by atoms with Gasteiger partial charge in [0, 0.05) is 12.1 Å². The quantitative estimate of drug-likeness (QED) is 0.799. The lowest BCUT2D eigenvalue weighted by molar-refractivity contribution is 0.328. The molecule has 5 nitrogen and oxygen atoms in total. The zero-order valence-electron chi connectivity index (χ0n) is 10.4. The maximum atomic E-state index is 12.5. The van der Waals surface area contributed by atoms with Gasteiger partial charge in [-0.2, -0.15) is 4.31 Å². The number of rotatable bonds is 3. The van der Waals surface area contributed by atoms with Gasteiger partial charge >= 0.3 is 0 Å². The first-order valence-corrected chi connectivity index (χ1v) is 7.79. The Morgan fingerprint density at radius 3 is 2.56 bits per heavy atom. The van der Waals surface area contributed by atoms with E-state index >= 15 is 0 Å². The van der Waals surface area contributed by atoms with Gasteiger partial charge in [0.2, 0.25) is 15.3 Å². The first-order chi connectivity index (χ1) is 8.46. The van der Waals surface area contributed by atoms with E-state index in [2.05, 4.69) is 9.97 Å². The molecule has 1 aromatic heterocycles. The lowest BCUT2D eigenvalue weighted by Crippen LogP contribution is -2.39. The van der Waals surface area contributed by atoms with Crippen LogP contribution in [0, 0.1) is 0 Å². The minimum atomic E-state index is -3.52. The van der Waals surface area contributed by atoms with Gasteiger partial charge in [-0.05, 0) is 37.8 Å². The lowest BCUT2D eigenvalue weighted by atomic mass is 10.2. The Morgan fingerprint density at radius 2 is 2.00 bits per heavy atom. The number of aromatic nitrogens is 2. The number of hydrogen-bond donors (Lipinski definition) is 0. The molecule has 1 fully saturated rings. The molecule has 1 saturated heterocycles. The predicted octanol–water partition coefficient (Wildman–Crippen LogP) is 2.08. The van der Waals surface area contributed by atoms with Gasteiger partial charge in [-0.1, -0.05) is 6.92 Å². The van der Waals surface area contributed by atoms with E-state index in [-0.39, 0.29) is 22.3 Å². The number of nitrogens with zero attached hydrogens (tertiary/aromatic N) is 3. The van der Waals surface area contributed by atoms with Crippen molar-refractivity contribution in [1.29, 1.82) is 0 Å². The maximum Gasteiger partial charge on any atom is 0.246 e. The number of hydrogen-bond acceptors (Lipinski definition) is 4. The SMILES string of the molecule is CCC1CCC(C)N1S(=O)(=O)c1cnc(Cl)nc1. The van der Waals surface area contributed by atoms with Crippen LogP contribution < -0.4 is 0 Å². The summed E-state index contributed by atoms with van der Waals surface area (Å²) < 4.78 is 26.6. The summed E-state index contributed by atoms with van der Waals surface area (Å²) in [6, 6.07) is 0.0938.